The summed E-state index contributed by atoms with van der Waals surface area (Å²) in [6, 6.07) is 4.60. The Hall–Kier alpha value is -2.42. The molecule has 1 aromatic carbocycles. The van der Waals surface area contributed by atoms with Crippen LogP contribution in [0.25, 0.3) is 0 Å². The van der Waals surface area contributed by atoms with E-state index >= 15 is 0 Å². The number of aromatic nitrogens is 2. The molecule has 0 spiro atoms. The van der Waals surface area contributed by atoms with E-state index in [1.165, 1.54) is 17.8 Å². The van der Waals surface area contributed by atoms with Gasteiger partial charge in [-0.05, 0) is 42.4 Å². The van der Waals surface area contributed by atoms with Crippen LogP contribution in [0, 0.1) is 11.7 Å². The topological polar surface area (TPSA) is 93.3 Å². The van der Waals surface area contributed by atoms with E-state index in [0.29, 0.717) is 16.4 Å². The SMILES string of the molecule is CBc1cnc(C(=O)Nc2ccc(F)c(C34CCCC3CSC(N)=N4)c2)nc1. The van der Waals surface area contributed by atoms with E-state index in [1.807, 2.05) is 6.82 Å². The number of hydrogen-bond acceptors (Lipinski definition) is 6. The summed E-state index contributed by atoms with van der Waals surface area (Å²) >= 11 is 1.53. The van der Waals surface area contributed by atoms with Crippen LogP contribution in [0.1, 0.15) is 35.4 Å². The molecule has 1 aliphatic heterocycles. The monoisotopic (exact) mass is 397 g/mol. The molecule has 4 rings (SSSR count). The first-order chi connectivity index (χ1) is 13.5. The van der Waals surface area contributed by atoms with Gasteiger partial charge in [-0.15, -0.1) is 0 Å². The first-order valence-electron chi connectivity index (χ1n) is 9.42. The van der Waals surface area contributed by atoms with E-state index < -0.39 is 11.4 Å². The zero-order valence-corrected chi connectivity index (χ0v) is 16.4. The van der Waals surface area contributed by atoms with Crippen molar-refractivity contribution in [3.8, 4) is 0 Å². The van der Waals surface area contributed by atoms with Crippen molar-refractivity contribution >= 4 is 41.3 Å². The van der Waals surface area contributed by atoms with Gasteiger partial charge in [0.25, 0.3) is 5.91 Å². The van der Waals surface area contributed by atoms with Crippen molar-refractivity contribution in [2.24, 2.45) is 16.6 Å². The van der Waals surface area contributed by atoms with Crippen molar-refractivity contribution in [2.45, 2.75) is 31.6 Å². The van der Waals surface area contributed by atoms with E-state index in [1.54, 1.807) is 24.5 Å². The number of halogens is 1. The number of nitrogens with one attached hydrogen (secondary N) is 1. The van der Waals surface area contributed by atoms with Gasteiger partial charge in [-0.1, -0.05) is 25.0 Å². The molecule has 2 unspecified atom stereocenters. The molecule has 0 saturated heterocycles. The number of amidine groups is 1. The standard InChI is InChI=1S/C19H21BFN5OS/c1-20-12-8-23-16(24-9-12)17(27)25-13-4-5-15(21)14(7-13)19-6-2-3-11(19)10-28-18(22)26-19/h4-5,7-9,11,20H,2-3,6,10H2,1H3,(H2,22,26)(H,25,27). The van der Waals surface area contributed by atoms with Crippen LogP contribution < -0.4 is 16.5 Å². The number of amides is 1. The van der Waals surface area contributed by atoms with Gasteiger partial charge in [0, 0.05) is 29.4 Å². The average Bonchev–Trinajstić information content (AvgIpc) is 3.13. The summed E-state index contributed by atoms with van der Waals surface area (Å²) in [7, 11) is 0.800. The number of fused-ring (bicyclic) bond motifs is 1. The van der Waals surface area contributed by atoms with Crippen molar-refractivity contribution in [1.82, 2.24) is 9.97 Å². The Morgan fingerprint density at radius 1 is 1.39 bits per heavy atom. The smallest absolute Gasteiger partial charge is 0.293 e. The molecule has 0 radical (unpaired) electrons. The fourth-order valence-corrected chi connectivity index (χ4v) is 5.08. The number of thioether (sulfide) groups is 1. The van der Waals surface area contributed by atoms with Gasteiger partial charge < -0.3 is 11.1 Å². The number of rotatable bonds is 4. The summed E-state index contributed by atoms with van der Waals surface area (Å²) in [4.78, 5) is 25.4. The predicted molar refractivity (Wildman–Crippen MR) is 112 cm³/mol. The maximum Gasteiger partial charge on any atom is 0.293 e. The lowest BCUT2D eigenvalue weighted by Gasteiger charge is -2.36. The van der Waals surface area contributed by atoms with E-state index in [-0.39, 0.29) is 17.6 Å². The lowest BCUT2D eigenvalue weighted by atomic mass is 9.75. The summed E-state index contributed by atoms with van der Waals surface area (Å²) in [6.45, 7) is 1.99. The van der Waals surface area contributed by atoms with E-state index in [9.17, 15) is 9.18 Å². The van der Waals surface area contributed by atoms with Crippen molar-refractivity contribution in [2.75, 3.05) is 11.1 Å². The molecule has 0 bridgehead atoms. The Morgan fingerprint density at radius 2 is 2.18 bits per heavy atom. The molecule has 1 saturated carbocycles. The molecule has 1 fully saturated rings. The van der Waals surface area contributed by atoms with Gasteiger partial charge >= 0.3 is 0 Å². The van der Waals surface area contributed by atoms with E-state index in [2.05, 4.69) is 20.3 Å². The lowest BCUT2D eigenvalue weighted by molar-refractivity contribution is 0.101. The average molecular weight is 397 g/mol. The Bertz CT molecular complexity index is 938. The van der Waals surface area contributed by atoms with Crippen molar-refractivity contribution in [3.05, 3.63) is 47.8 Å². The normalized spacial score (nSPS) is 23.6. The zero-order chi connectivity index (χ0) is 19.7. The molecule has 1 aliphatic carbocycles. The van der Waals surface area contributed by atoms with Gasteiger partial charge in [-0.2, -0.15) is 0 Å². The number of nitrogens with two attached hydrogens (primary N) is 1. The maximum absolute atomic E-state index is 14.8. The number of carbonyl (C=O) groups excluding carboxylic acids is 1. The molecule has 2 atom stereocenters. The Labute approximate surface area is 167 Å². The molecule has 3 N–H and O–H groups in total. The van der Waals surface area contributed by atoms with E-state index in [4.69, 9.17) is 5.73 Å². The number of carbonyl (C=O) groups is 1. The van der Waals surface area contributed by atoms with Crippen LogP contribution in [0.5, 0.6) is 0 Å². The summed E-state index contributed by atoms with van der Waals surface area (Å²) in [5.74, 6) is 0.412. The summed E-state index contributed by atoms with van der Waals surface area (Å²) in [5, 5.41) is 3.27. The number of aliphatic imine (C=N–C) groups is 1. The van der Waals surface area contributed by atoms with Crippen LogP contribution >= 0.6 is 11.8 Å². The maximum atomic E-state index is 14.8. The molecule has 1 amide bonds. The molecule has 1 aromatic heterocycles. The van der Waals surface area contributed by atoms with Crippen LogP contribution in [-0.4, -0.2) is 34.1 Å². The zero-order valence-electron chi connectivity index (χ0n) is 15.6. The highest BCUT2D eigenvalue weighted by atomic mass is 32.2. The number of nitrogens with zero attached hydrogens (tertiary/aromatic N) is 3. The Balaban J connectivity index is 1.64. The molecule has 9 heteroatoms. The quantitative estimate of drug-likeness (QED) is 0.771. The fourth-order valence-electron chi connectivity index (χ4n) is 4.04. The summed E-state index contributed by atoms with van der Waals surface area (Å²) in [6.07, 6.45) is 6.01. The minimum atomic E-state index is -0.639. The second-order valence-corrected chi connectivity index (χ2v) is 8.23. The number of anilines is 1. The molecule has 2 aliphatic rings. The van der Waals surface area contributed by atoms with E-state index in [0.717, 1.165) is 37.8 Å². The highest BCUT2D eigenvalue weighted by molar-refractivity contribution is 8.13. The first kappa shape index (κ1) is 18.9. The van der Waals surface area contributed by atoms with Crippen LogP contribution in [0.4, 0.5) is 10.1 Å². The molecule has 2 heterocycles. The Morgan fingerprint density at radius 3 is 2.93 bits per heavy atom. The summed E-state index contributed by atoms with van der Waals surface area (Å²) < 4.78 is 14.8. The minimum absolute atomic E-state index is 0.0799. The molecule has 28 heavy (non-hydrogen) atoms. The van der Waals surface area contributed by atoms with Crippen LogP contribution in [0.2, 0.25) is 6.82 Å². The van der Waals surface area contributed by atoms with Gasteiger partial charge in [0.15, 0.2) is 12.4 Å². The predicted octanol–water partition coefficient (Wildman–Crippen LogP) is 2.03. The minimum Gasteiger partial charge on any atom is -0.379 e. The second-order valence-electron chi connectivity index (χ2n) is 7.19. The highest BCUT2D eigenvalue weighted by Gasteiger charge is 2.48. The van der Waals surface area contributed by atoms with Gasteiger partial charge in [-0.25, -0.2) is 14.4 Å². The van der Waals surface area contributed by atoms with Crippen molar-refractivity contribution in [1.29, 1.82) is 0 Å². The third kappa shape index (κ3) is 3.39. The van der Waals surface area contributed by atoms with Gasteiger partial charge in [0.2, 0.25) is 5.82 Å². The molecule has 2 aromatic rings. The molecule has 6 nitrogen and oxygen atoms in total. The molecule has 144 valence electrons. The van der Waals surface area contributed by atoms with Crippen LogP contribution in [0.15, 0.2) is 35.6 Å². The highest BCUT2D eigenvalue weighted by Crippen LogP contribution is 2.51. The van der Waals surface area contributed by atoms with Crippen LogP contribution in [-0.2, 0) is 5.54 Å². The Kier molecular flexibility index (Phi) is 5.10. The largest absolute Gasteiger partial charge is 0.379 e. The van der Waals surface area contributed by atoms with Crippen molar-refractivity contribution in [3.63, 3.8) is 0 Å². The van der Waals surface area contributed by atoms with Gasteiger partial charge in [0.05, 0.1) is 5.54 Å². The number of benzene rings is 1. The molecular weight excluding hydrogens is 376 g/mol. The fraction of sp³-hybridized carbons (Fsp3) is 0.368. The third-order valence-electron chi connectivity index (χ3n) is 5.54. The number of hydrogen-bond donors (Lipinski definition) is 2. The van der Waals surface area contributed by atoms with Crippen LogP contribution in [0.3, 0.4) is 0 Å². The third-order valence-corrected chi connectivity index (χ3v) is 6.49. The first-order valence-corrected chi connectivity index (χ1v) is 10.4. The summed E-state index contributed by atoms with van der Waals surface area (Å²) in [5.41, 5.74) is 7.30. The molecular formula is C19H21BFN5OS. The lowest BCUT2D eigenvalue weighted by Crippen LogP contribution is -2.37. The van der Waals surface area contributed by atoms with Gasteiger partial charge in [0.1, 0.15) is 5.82 Å². The van der Waals surface area contributed by atoms with Crippen molar-refractivity contribution < 1.29 is 9.18 Å². The van der Waals surface area contributed by atoms with Gasteiger partial charge in [-0.3, -0.25) is 9.79 Å². The second kappa shape index (κ2) is 7.54.